The van der Waals surface area contributed by atoms with E-state index in [-0.39, 0.29) is 0 Å². The summed E-state index contributed by atoms with van der Waals surface area (Å²) in [5.74, 6) is -0.500. The first-order valence-electron chi connectivity index (χ1n) is 3.36. The maximum atomic E-state index is 10.7. The largest absolute Gasteiger partial charge is 0.366 e. The number of aromatic nitrogens is 3. The van der Waals surface area contributed by atoms with Crippen LogP contribution in [0.2, 0.25) is 0 Å². The molecule has 0 fully saturated rings. The molecular weight excluding hydrogens is 156 g/mol. The minimum atomic E-state index is -0.500. The van der Waals surface area contributed by atoms with Crippen LogP contribution in [-0.2, 0) is 0 Å². The van der Waals surface area contributed by atoms with E-state index in [2.05, 4.69) is 10.1 Å². The number of hydrogen-bond donors (Lipinski definition) is 1. The van der Waals surface area contributed by atoms with Crippen LogP contribution in [0, 0.1) is 0 Å². The van der Waals surface area contributed by atoms with Gasteiger partial charge >= 0.3 is 0 Å². The van der Waals surface area contributed by atoms with E-state index in [1.807, 2.05) is 0 Å². The molecule has 2 N–H and O–H groups in total. The number of primary amides is 1. The Balaban J connectivity index is 2.68. The van der Waals surface area contributed by atoms with E-state index in [4.69, 9.17) is 5.73 Å². The van der Waals surface area contributed by atoms with E-state index in [1.165, 1.54) is 10.7 Å². The molecule has 2 rings (SSSR count). The Hall–Kier alpha value is -1.91. The second-order valence-electron chi connectivity index (χ2n) is 2.34. The average Bonchev–Trinajstić information content (AvgIpc) is 2.49. The van der Waals surface area contributed by atoms with Gasteiger partial charge in [0, 0.05) is 18.5 Å². The number of carbonyl (C=O) groups excluding carboxylic acids is 1. The summed E-state index contributed by atoms with van der Waals surface area (Å²) in [5, 5.41) is 3.91. The van der Waals surface area contributed by atoms with Gasteiger partial charge < -0.3 is 5.73 Å². The molecule has 2 aromatic heterocycles. The van der Waals surface area contributed by atoms with Crippen molar-refractivity contribution in [2.75, 3.05) is 0 Å². The van der Waals surface area contributed by atoms with Crippen LogP contribution in [0.1, 0.15) is 10.4 Å². The molecule has 0 radical (unpaired) electrons. The first-order chi connectivity index (χ1) is 5.77. The molecule has 0 saturated heterocycles. The molecule has 2 aromatic rings. The van der Waals surface area contributed by atoms with Crippen LogP contribution >= 0.6 is 0 Å². The number of hydrogen-bond acceptors (Lipinski definition) is 3. The van der Waals surface area contributed by atoms with Gasteiger partial charge in [-0.2, -0.15) is 5.10 Å². The molecular formula is C7H6N4O. The summed E-state index contributed by atoms with van der Waals surface area (Å²) in [5.41, 5.74) is 6.10. The highest BCUT2D eigenvalue weighted by atomic mass is 16.1. The second-order valence-corrected chi connectivity index (χ2v) is 2.34. The molecule has 60 valence electrons. The van der Waals surface area contributed by atoms with Crippen molar-refractivity contribution in [3.8, 4) is 0 Å². The fourth-order valence-electron chi connectivity index (χ4n) is 0.937. The molecule has 0 atom stereocenters. The fraction of sp³-hybridized carbons (Fsp3) is 0. The van der Waals surface area contributed by atoms with Gasteiger partial charge in [0.15, 0.2) is 5.65 Å². The summed E-state index contributed by atoms with van der Waals surface area (Å²) in [6.07, 6.45) is 4.58. The third-order valence-corrected chi connectivity index (χ3v) is 1.53. The van der Waals surface area contributed by atoms with Crippen molar-refractivity contribution >= 4 is 11.6 Å². The average molecular weight is 162 g/mol. The van der Waals surface area contributed by atoms with Gasteiger partial charge in [0.25, 0.3) is 5.91 Å². The SMILES string of the molecule is NC(=O)c1cnc2ccnn2c1. The Labute approximate surface area is 67.8 Å². The van der Waals surface area contributed by atoms with Crippen molar-refractivity contribution in [3.05, 3.63) is 30.2 Å². The topological polar surface area (TPSA) is 73.3 Å². The van der Waals surface area contributed by atoms with Crippen LogP contribution in [0.25, 0.3) is 5.65 Å². The van der Waals surface area contributed by atoms with Gasteiger partial charge in [-0.3, -0.25) is 4.79 Å². The Kier molecular flexibility index (Phi) is 1.30. The predicted molar refractivity (Wildman–Crippen MR) is 41.5 cm³/mol. The van der Waals surface area contributed by atoms with Crippen molar-refractivity contribution in [1.29, 1.82) is 0 Å². The summed E-state index contributed by atoms with van der Waals surface area (Å²) in [6, 6.07) is 1.74. The van der Waals surface area contributed by atoms with Crippen LogP contribution in [0.15, 0.2) is 24.7 Å². The fourth-order valence-corrected chi connectivity index (χ4v) is 0.937. The van der Waals surface area contributed by atoms with Gasteiger partial charge in [-0.15, -0.1) is 0 Å². The molecule has 5 nitrogen and oxygen atoms in total. The highest BCUT2D eigenvalue weighted by Crippen LogP contribution is 1.99. The quantitative estimate of drug-likeness (QED) is 0.632. The lowest BCUT2D eigenvalue weighted by Crippen LogP contribution is -2.12. The molecule has 5 heteroatoms. The predicted octanol–water partition coefficient (Wildman–Crippen LogP) is -0.172. The number of amides is 1. The van der Waals surface area contributed by atoms with Crippen LogP contribution in [-0.4, -0.2) is 20.5 Å². The van der Waals surface area contributed by atoms with Gasteiger partial charge in [-0.05, 0) is 0 Å². The smallest absolute Gasteiger partial charge is 0.251 e. The maximum absolute atomic E-state index is 10.7. The zero-order valence-corrected chi connectivity index (χ0v) is 6.14. The van der Waals surface area contributed by atoms with Crippen LogP contribution in [0.3, 0.4) is 0 Å². The molecule has 1 amide bonds. The molecule has 0 saturated carbocycles. The lowest BCUT2D eigenvalue weighted by atomic mass is 10.3. The van der Waals surface area contributed by atoms with E-state index in [1.54, 1.807) is 18.5 Å². The van der Waals surface area contributed by atoms with Crippen molar-refractivity contribution in [3.63, 3.8) is 0 Å². The molecule has 0 aliphatic rings. The minimum absolute atomic E-state index is 0.353. The Morgan fingerprint density at radius 1 is 1.58 bits per heavy atom. The minimum Gasteiger partial charge on any atom is -0.366 e. The molecule has 0 aliphatic carbocycles. The van der Waals surface area contributed by atoms with Crippen molar-refractivity contribution in [2.45, 2.75) is 0 Å². The number of nitrogens with two attached hydrogens (primary N) is 1. The van der Waals surface area contributed by atoms with Crippen LogP contribution in [0.4, 0.5) is 0 Å². The molecule has 0 spiro atoms. The zero-order valence-electron chi connectivity index (χ0n) is 6.14. The standard InChI is InChI=1S/C7H6N4O/c8-7(12)5-3-9-6-1-2-10-11(6)4-5/h1-4H,(H2,8,12). The van der Waals surface area contributed by atoms with E-state index in [0.717, 1.165) is 0 Å². The third-order valence-electron chi connectivity index (χ3n) is 1.53. The van der Waals surface area contributed by atoms with Gasteiger partial charge in [-0.25, -0.2) is 9.50 Å². The van der Waals surface area contributed by atoms with Crippen LogP contribution in [0.5, 0.6) is 0 Å². The van der Waals surface area contributed by atoms with E-state index in [0.29, 0.717) is 11.2 Å². The first-order valence-corrected chi connectivity index (χ1v) is 3.36. The second kappa shape index (κ2) is 2.30. The number of carbonyl (C=O) groups is 1. The van der Waals surface area contributed by atoms with E-state index in [9.17, 15) is 4.79 Å². The van der Waals surface area contributed by atoms with E-state index >= 15 is 0 Å². The van der Waals surface area contributed by atoms with Gasteiger partial charge in [-0.1, -0.05) is 0 Å². The number of fused-ring (bicyclic) bond motifs is 1. The van der Waals surface area contributed by atoms with Crippen molar-refractivity contribution in [2.24, 2.45) is 5.73 Å². The van der Waals surface area contributed by atoms with Crippen molar-refractivity contribution in [1.82, 2.24) is 14.6 Å². The summed E-state index contributed by atoms with van der Waals surface area (Å²) in [7, 11) is 0. The Morgan fingerprint density at radius 2 is 2.42 bits per heavy atom. The Morgan fingerprint density at radius 3 is 3.17 bits per heavy atom. The summed E-state index contributed by atoms with van der Waals surface area (Å²) >= 11 is 0. The number of nitrogens with zero attached hydrogens (tertiary/aromatic N) is 3. The monoisotopic (exact) mass is 162 g/mol. The highest BCUT2D eigenvalue weighted by molar-refractivity contribution is 5.92. The van der Waals surface area contributed by atoms with Crippen LogP contribution < -0.4 is 5.73 Å². The molecule has 0 aromatic carbocycles. The zero-order chi connectivity index (χ0) is 8.55. The van der Waals surface area contributed by atoms with Gasteiger partial charge in [0.2, 0.25) is 0 Å². The first kappa shape index (κ1) is 6.78. The molecule has 12 heavy (non-hydrogen) atoms. The molecule has 2 heterocycles. The summed E-state index contributed by atoms with van der Waals surface area (Å²) in [4.78, 5) is 14.7. The lowest BCUT2D eigenvalue weighted by molar-refractivity contribution is 0.0999. The third kappa shape index (κ3) is 0.914. The molecule has 0 bridgehead atoms. The summed E-state index contributed by atoms with van der Waals surface area (Å²) in [6.45, 7) is 0. The highest BCUT2D eigenvalue weighted by Gasteiger charge is 2.01. The lowest BCUT2D eigenvalue weighted by Gasteiger charge is -1.94. The maximum Gasteiger partial charge on any atom is 0.251 e. The normalized spacial score (nSPS) is 10.3. The summed E-state index contributed by atoms with van der Waals surface area (Å²) < 4.78 is 1.50. The molecule has 0 aliphatic heterocycles. The van der Waals surface area contributed by atoms with E-state index < -0.39 is 5.91 Å². The Bertz CT molecular complexity index is 434. The van der Waals surface area contributed by atoms with Gasteiger partial charge in [0.05, 0.1) is 11.8 Å². The molecule has 0 unspecified atom stereocenters. The van der Waals surface area contributed by atoms with Gasteiger partial charge in [0.1, 0.15) is 0 Å². The van der Waals surface area contributed by atoms with Crippen molar-refractivity contribution < 1.29 is 4.79 Å². The number of rotatable bonds is 1.